The molecule has 0 radical (unpaired) electrons. The summed E-state index contributed by atoms with van der Waals surface area (Å²) in [6, 6.07) is 0.484. The summed E-state index contributed by atoms with van der Waals surface area (Å²) in [6.45, 7) is 5.55. The molecule has 0 bridgehead atoms. The molecule has 2 rings (SSSR count). The van der Waals surface area contributed by atoms with Crippen LogP contribution >= 0.6 is 0 Å². The van der Waals surface area contributed by atoms with Crippen molar-refractivity contribution in [2.24, 2.45) is 11.7 Å². The summed E-state index contributed by atoms with van der Waals surface area (Å²) in [7, 11) is 0. The number of nitrogens with zero attached hydrogens (tertiary/aromatic N) is 2. The number of nitrogens with two attached hydrogens (primary N) is 1. The summed E-state index contributed by atoms with van der Waals surface area (Å²) in [6.07, 6.45) is 5.94. The van der Waals surface area contributed by atoms with E-state index in [4.69, 9.17) is 5.73 Å². The highest BCUT2D eigenvalue weighted by Crippen LogP contribution is 2.25. The van der Waals surface area contributed by atoms with E-state index in [9.17, 15) is 4.79 Å². The molecule has 17 heavy (non-hydrogen) atoms. The largest absolute Gasteiger partial charge is 0.328 e. The van der Waals surface area contributed by atoms with Crippen molar-refractivity contribution in [3.05, 3.63) is 0 Å². The van der Waals surface area contributed by atoms with E-state index in [0.29, 0.717) is 12.5 Å². The molecule has 0 saturated carbocycles. The Bertz CT molecular complexity index is 261. The monoisotopic (exact) mass is 239 g/mol. The van der Waals surface area contributed by atoms with Crippen LogP contribution in [0.1, 0.15) is 39.0 Å². The highest BCUT2D eigenvalue weighted by molar-refractivity contribution is 5.75. The van der Waals surface area contributed by atoms with Crippen molar-refractivity contribution in [2.45, 2.75) is 45.1 Å². The molecule has 4 nitrogen and oxygen atoms in total. The maximum Gasteiger partial charge on any atom is 0.320 e. The number of hydrogen-bond acceptors (Lipinski definition) is 2. The molecule has 2 fully saturated rings. The Kier molecular flexibility index (Phi) is 4.26. The highest BCUT2D eigenvalue weighted by atomic mass is 16.2. The average Bonchev–Trinajstić information content (AvgIpc) is 2.56. The van der Waals surface area contributed by atoms with Gasteiger partial charge in [0.05, 0.1) is 0 Å². The van der Waals surface area contributed by atoms with Crippen LogP contribution in [-0.2, 0) is 0 Å². The molecule has 0 aromatic carbocycles. The number of carbonyl (C=O) groups excluding carboxylic acids is 1. The molecule has 2 amide bonds. The maximum atomic E-state index is 12.5. The first kappa shape index (κ1) is 12.7. The molecular formula is C13H25N3O. The van der Waals surface area contributed by atoms with E-state index < -0.39 is 0 Å². The van der Waals surface area contributed by atoms with Gasteiger partial charge >= 0.3 is 6.03 Å². The fourth-order valence-corrected chi connectivity index (χ4v) is 3.05. The van der Waals surface area contributed by atoms with E-state index >= 15 is 0 Å². The maximum absolute atomic E-state index is 12.5. The number of rotatable bonds is 1. The zero-order chi connectivity index (χ0) is 12.3. The minimum atomic E-state index is 0.228. The summed E-state index contributed by atoms with van der Waals surface area (Å²) in [4.78, 5) is 16.5. The highest BCUT2D eigenvalue weighted by Gasteiger charge is 2.35. The van der Waals surface area contributed by atoms with Crippen molar-refractivity contribution >= 4 is 6.03 Å². The van der Waals surface area contributed by atoms with Gasteiger partial charge in [0.25, 0.3) is 0 Å². The molecule has 2 N–H and O–H groups in total. The van der Waals surface area contributed by atoms with Crippen LogP contribution in [0, 0.1) is 5.92 Å². The molecular weight excluding hydrogens is 214 g/mol. The molecule has 2 atom stereocenters. The van der Waals surface area contributed by atoms with Gasteiger partial charge in [-0.3, -0.25) is 0 Å². The first-order valence-corrected chi connectivity index (χ1v) is 6.99. The molecule has 0 aromatic rings. The predicted molar refractivity (Wildman–Crippen MR) is 68.8 cm³/mol. The van der Waals surface area contributed by atoms with Gasteiger partial charge in [-0.05, 0) is 25.2 Å². The fraction of sp³-hybridized carbons (Fsp3) is 0.923. The first-order chi connectivity index (χ1) is 8.24. The predicted octanol–water partition coefficient (Wildman–Crippen LogP) is 1.65. The second-order valence-corrected chi connectivity index (χ2v) is 5.45. The van der Waals surface area contributed by atoms with Crippen molar-refractivity contribution in [2.75, 3.05) is 26.2 Å². The zero-order valence-corrected chi connectivity index (χ0v) is 10.9. The van der Waals surface area contributed by atoms with Gasteiger partial charge in [0.1, 0.15) is 0 Å². The van der Waals surface area contributed by atoms with Crippen LogP contribution in [0.2, 0.25) is 0 Å². The van der Waals surface area contributed by atoms with E-state index in [1.54, 1.807) is 0 Å². The number of likely N-dealkylation sites (tertiary alicyclic amines) is 2. The number of hydrogen-bond donors (Lipinski definition) is 1. The van der Waals surface area contributed by atoms with Gasteiger partial charge in [-0.25, -0.2) is 4.79 Å². The topological polar surface area (TPSA) is 49.6 Å². The molecule has 0 aliphatic carbocycles. The normalized spacial score (nSPS) is 30.5. The van der Waals surface area contributed by atoms with Gasteiger partial charge in [-0.1, -0.05) is 19.8 Å². The quantitative estimate of drug-likeness (QED) is 0.756. The number of amides is 2. The summed E-state index contributed by atoms with van der Waals surface area (Å²) in [5.74, 6) is 0.552. The van der Waals surface area contributed by atoms with Crippen molar-refractivity contribution < 1.29 is 4.79 Å². The Morgan fingerprint density at radius 3 is 2.41 bits per heavy atom. The molecule has 2 unspecified atom stereocenters. The summed E-state index contributed by atoms with van der Waals surface area (Å²) in [5, 5.41) is 0. The van der Waals surface area contributed by atoms with Crippen LogP contribution in [0.15, 0.2) is 0 Å². The van der Waals surface area contributed by atoms with E-state index in [-0.39, 0.29) is 12.1 Å². The smallest absolute Gasteiger partial charge is 0.320 e. The van der Waals surface area contributed by atoms with E-state index in [1.165, 1.54) is 12.8 Å². The Hall–Kier alpha value is -0.770. The molecule has 2 heterocycles. The third kappa shape index (κ3) is 2.73. The van der Waals surface area contributed by atoms with Crippen molar-refractivity contribution in [3.8, 4) is 0 Å². The average molecular weight is 239 g/mol. The van der Waals surface area contributed by atoms with Crippen LogP contribution in [-0.4, -0.2) is 48.1 Å². The summed E-state index contributed by atoms with van der Waals surface area (Å²) >= 11 is 0. The second kappa shape index (κ2) is 5.71. The van der Waals surface area contributed by atoms with Crippen molar-refractivity contribution in [1.29, 1.82) is 0 Å². The third-order valence-corrected chi connectivity index (χ3v) is 4.25. The zero-order valence-electron chi connectivity index (χ0n) is 10.9. The SMILES string of the molecule is CC1CCN(C(=O)N2CCCCCC2)C1CN. The minimum Gasteiger partial charge on any atom is -0.328 e. The Balaban J connectivity index is 1.98. The van der Waals surface area contributed by atoms with E-state index in [1.807, 2.05) is 9.80 Å². The minimum absolute atomic E-state index is 0.228. The van der Waals surface area contributed by atoms with Crippen LogP contribution in [0.3, 0.4) is 0 Å². The van der Waals surface area contributed by atoms with Gasteiger partial charge in [0.2, 0.25) is 0 Å². The van der Waals surface area contributed by atoms with Gasteiger partial charge in [-0.15, -0.1) is 0 Å². The van der Waals surface area contributed by atoms with Gasteiger partial charge in [-0.2, -0.15) is 0 Å². The number of carbonyl (C=O) groups is 1. The van der Waals surface area contributed by atoms with Crippen LogP contribution in [0.25, 0.3) is 0 Å². The van der Waals surface area contributed by atoms with Crippen LogP contribution in [0.4, 0.5) is 4.79 Å². The van der Waals surface area contributed by atoms with Crippen molar-refractivity contribution in [1.82, 2.24) is 9.80 Å². The lowest BCUT2D eigenvalue weighted by Gasteiger charge is -2.31. The van der Waals surface area contributed by atoms with E-state index in [2.05, 4.69) is 6.92 Å². The lowest BCUT2D eigenvalue weighted by Crippen LogP contribution is -2.49. The van der Waals surface area contributed by atoms with E-state index in [0.717, 1.165) is 38.9 Å². The summed E-state index contributed by atoms with van der Waals surface area (Å²) < 4.78 is 0. The fourth-order valence-electron chi connectivity index (χ4n) is 3.05. The van der Waals surface area contributed by atoms with Gasteiger partial charge in [0.15, 0.2) is 0 Å². The van der Waals surface area contributed by atoms with Crippen LogP contribution < -0.4 is 5.73 Å². The Morgan fingerprint density at radius 2 is 1.82 bits per heavy atom. The van der Waals surface area contributed by atoms with Crippen LogP contribution in [0.5, 0.6) is 0 Å². The van der Waals surface area contributed by atoms with Gasteiger partial charge in [0, 0.05) is 32.2 Å². The molecule has 2 aliphatic heterocycles. The molecule has 2 aliphatic rings. The first-order valence-electron chi connectivity index (χ1n) is 6.99. The molecule has 2 saturated heterocycles. The lowest BCUT2D eigenvalue weighted by atomic mass is 10.0. The van der Waals surface area contributed by atoms with Crippen molar-refractivity contribution in [3.63, 3.8) is 0 Å². The Labute approximate surface area is 104 Å². The second-order valence-electron chi connectivity index (χ2n) is 5.45. The molecule has 0 spiro atoms. The standard InChI is InChI=1S/C13H25N3O/c1-11-6-9-16(12(11)10-14)13(17)15-7-4-2-3-5-8-15/h11-12H,2-10,14H2,1H3. The van der Waals surface area contributed by atoms with Gasteiger partial charge < -0.3 is 15.5 Å². The number of urea groups is 1. The molecule has 98 valence electrons. The molecule has 0 aromatic heterocycles. The summed E-state index contributed by atoms with van der Waals surface area (Å²) in [5.41, 5.74) is 5.80. The Morgan fingerprint density at radius 1 is 1.18 bits per heavy atom. The lowest BCUT2D eigenvalue weighted by molar-refractivity contribution is 0.146. The molecule has 4 heteroatoms. The third-order valence-electron chi connectivity index (χ3n) is 4.25.